The van der Waals surface area contributed by atoms with E-state index in [-0.39, 0.29) is 11.3 Å². The van der Waals surface area contributed by atoms with Gasteiger partial charge < -0.3 is 11.1 Å². The quantitative estimate of drug-likeness (QED) is 0.608. The highest BCUT2D eigenvalue weighted by Crippen LogP contribution is 2.23. The predicted octanol–water partition coefficient (Wildman–Crippen LogP) is 1.01. The summed E-state index contributed by atoms with van der Waals surface area (Å²) in [5, 5.41) is 2.55. The highest BCUT2D eigenvalue weighted by Gasteiger charge is 2.16. The van der Waals surface area contributed by atoms with Crippen molar-refractivity contribution < 1.29 is 4.79 Å². The Morgan fingerprint density at radius 3 is 2.25 bits per heavy atom. The standard InChI is InChI=1S/C9H18N2O/c1-9(2,3)5-7(6-10)8(12)11-4/h6H,5,10H2,1-4H3,(H,11,12). The summed E-state index contributed by atoms with van der Waals surface area (Å²) in [4.78, 5) is 11.2. The Morgan fingerprint density at radius 1 is 1.50 bits per heavy atom. The van der Waals surface area contributed by atoms with Crippen molar-refractivity contribution in [2.24, 2.45) is 11.1 Å². The van der Waals surface area contributed by atoms with Crippen LogP contribution in [0.3, 0.4) is 0 Å². The molecule has 0 aromatic heterocycles. The van der Waals surface area contributed by atoms with Gasteiger partial charge in [-0.25, -0.2) is 0 Å². The largest absolute Gasteiger partial charge is 0.404 e. The van der Waals surface area contributed by atoms with E-state index in [1.807, 2.05) is 0 Å². The molecule has 0 saturated heterocycles. The van der Waals surface area contributed by atoms with Gasteiger partial charge in [0.2, 0.25) is 5.91 Å². The maximum Gasteiger partial charge on any atom is 0.248 e. The van der Waals surface area contributed by atoms with Crippen LogP contribution in [-0.4, -0.2) is 13.0 Å². The Kier molecular flexibility index (Phi) is 3.80. The van der Waals surface area contributed by atoms with Crippen LogP contribution in [0.4, 0.5) is 0 Å². The van der Waals surface area contributed by atoms with Gasteiger partial charge in [-0.1, -0.05) is 20.8 Å². The molecule has 3 N–H and O–H groups in total. The summed E-state index contributed by atoms with van der Waals surface area (Å²) in [6.45, 7) is 6.21. The summed E-state index contributed by atoms with van der Waals surface area (Å²) in [6, 6.07) is 0. The van der Waals surface area contributed by atoms with Crippen LogP contribution in [-0.2, 0) is 4.79 Å². The first kappa shape index (κ1) is 11.0. The number of nitrogens with one attached hydrogen (secondary N) is 1. The average molecular weight is 170 g/mol. The minimum absolute atomic E-state index is 0.0903. The molecule has 0 spiro atoms. The lowest BCUT2D eigenvalue weighted by molar-refractivity contribution is -0.117. The van der Waals surface area contributed by atoms with Crippen LogP contribution < -0.4 is 11.1 Å². The minimum atomic E-state index is -0.0903. The molecule has 0 rings (SSSR count). The van der Waals surface area contributed by atoms with Gasteiger partial charge in [0, 0.05) is 18.8 Å². The number of amides is 1. The third-order valence-corrected chi connectivity index (χ3v) is 1.44. The molecule has 0 aliphatic carbocycles. The number of rotatable bonds is 2. The Balaban J connectivity index is 4.31. The second-order valence-corrected chi connectivity index (χ2v) is 4.01. The fraction of sp³-hybridized carbons (Fsp3) is 0.667. The van der Waals surface area contributed by atoms with E-state index in [1.54, 1.807) is 7.05 Å². The summed E-state index contributed by atoms with van der Waals surface area (Å²) >= 11 is 0. The molecule has 0 radical (unpaired) electrons. The summed E-state index contributed by atoms with van der Waals surface area (Å²) in [5.41, 5.74) is 6.07. The van der Waals surface area contributed by atoms with Crippen molar-refractivity contribution in [3.8, 4) is 0 Å². The number of carbonyl (C=O) groups excluding carboxylic acids is 1. The lowest BCUT2D eigenvalue weighted by Crippen LogP contribution is -2.23. The molecule has 0 aliphatic heterocycles. The lowest BCUT2D eigenvalue weighted by atomic mass is 9.88. The van der Waals surface area contributed by atoms with E-state index in [0.29, 0.717) is 12.0 Å². The molecule has 0 aromatic rings. The maximum absolute atomic E-state index is 11.2. The van der Waals surface area contributed by atoms with E-state index in [2.05, 4.69) is 26.1 Å². The molecular weight excluding hydrogens is 152 g/mol. The van der Waals surface area contributed by atoms with Crippen LogP contribution >= 0.6 is 0 Å². The summed E-state index contributed by atoms with van der Waals surface area (Å²) < 4.78 is 0. The van der Waals surface area contributed by atoms with Gasteiger partial charge in [-0.2, -0.15) is 0 Å². The zero-order valence-electron chi connectivity index (χ0n) is 8.27. The number of likely N-dealkylation sites (N-methyl/N-ethyl adjacent to an activating group) is 1. The van der Waals surface area contributed by atoms with Crippen LogP contribution in [0.25, 0.3) is 0 Å². The van der Waals surface area contributed by atoms with Gasteiger partial charge in [-0.15, -0.1) is 0 Å². The number of hydrogen-bond acceptors (Lipinski definition) is 2. The predicted molar refractivity (Wildman–Crippen MR) is 50.4 cm³/mol. The van der Waals surface area contributed by atoms with Gasteiger partial charge in [-0.3, -0.25) is 4.79 Å². The molecule has 0 atom stereocenters. The molecule has 0 saturated carbocycles. The molecule has 0 bridgehead atoms. The third-order valence-electron chi connectivity index (χ3n) is 1.44. The highest BCUT2D eigenvalue weighted by atomic mass is 16.1. The molecule has 0 aromatic carbocycles. The molecular formula is C9H18N2O. The topological polar surface area (TPSA) is 55.1 Å². The molecule has 70 valence electrons. The maximum atomic E-state index is 11.2. The highest BCUT2D eigenvalue weighted by molar-refractivity contribution is 5.93. The van der Waals surface area contributed by atoms with E-state index >= 15 is 0 Å². The molecule has 12 heavy (non-hydrogen) atoms. The number of hydrogen-bond donors (Lipinski definition) is 2. The Bertz CT molecular complexity index is 189. The van der Waals surface area contributed by atoms with Gasteiger partial charge in [0.25, 0.3) is 0 Å². The fourth-order valence-corrected chi connectivity index (χ4v) is 0.947. The molecule has 1 amide bonds. The fourth-order valence-electron chi connectivity index (χ4n) is 0.947. The molecule has 0 fully saturated rings. The van der Waals surface area contributed by atoms with Crippen LogP contribution in [0.5, 0.6) is 0 Å². The summed E-state index contributed by atoms with van der Waals surface area (Å²) in [6.07, 6.45) is 2.08. The molecule has 0 aliphatic rings. The second-order valence-electron chi connectivity index (χ2n) is 4.01. The van der Waals surface area contributed by atoms with E-state index < -0.39 is 0 Å². The van der Waals surface area contributed by atoms with Gasteiger partial charge in [-0.05, 0) is 11.8 Å². The van der Waals surface area contributed by atoms with Crippen molar-refractivity contribution in [1.82, 2.24) is 5.32 Å². The molecule has 3 nitrogen and oxygen atoms in total. The van der Waals surface area contributed by atoms with E-state index in [4.69, 9.17) is 5.73 Å². The van der Waals surface area contributed by atoms with Crippen molar-refractivity contribution in [3.05, 3.63) is 11.8 Å². The second kappa shape index (κ2) is 4.14. The van der Waals surface area contributed by atoms with Crippen LogP contribution in [0.2, 0.25) is 0 Å². The number of nitrogens with two attached hydrogens (primary N) is 1. The normalized spacial score (nSPS) is 12.8. The Labute approximate surface area is 74.0 Å². The zero-order chi connectivity index (χ0) is 9.78. The van der Waals surface area contributed by atoms with E-state index in [0.717, 1.165) is 0 Å². The monoisotopic (exact) mass is 170 g/mol. The van der Waals surface area contributed by atoms with Crippen molar-refractivity contribution >= 4 is 5.91 Å². The van der Waals surface area contributed by atoms with Crippen molar-refractivity contribution in [3.63, 3.8) is 0 Å². The zero-order valence-corrected chi connectivity index (χ0v) is 8.27. The lowest BCUT2D eigenvalue weighted by Gasteiger charge is -2.18. The Morgan fingerprint density at radius 2 is 2.00 bits per heavy atom. The first-order valence-corrected chi connectivity index (χ1v) is 4.03. The van der Waals surface area contributed by atoms with E-state index in [1.165, 1.54) is 6.20 Å². The van der Waals surface area contributed by atoms with E-state index in [9.17, 15) is 4.79 Å². The van der Waals surface area contributed by atoms with Crippen LogP contribution in [0.1, 0.15) is 27.2 Å². The molecule has 0 unspecified atom stereocenters. The van der Waals surface area contributed by atoms with Gasteiger partial charge in [0.1, 0.15) is 0 Å². The SMILES string of the molecule is CNC(=O)C(=CN)CC(C)(C)C. The molecule has 3 heteroatoms. The van der Waals surface area contributed by atoms with Gasteiger partial charge >= 0.3 is 0 Å². The molecule has 0 heterocycles. The summed E-state index contributed by atoms with van der Waals surface area (Å²) in [7, 11) is 1.61. The van der Waals surface area contributed by atoms with Crippen LogP contribution in [0, 0.1) is 5.41 Å². The third kappa shape index (κ3) is 4.01. The minimum Gasteiger partial charge on any atom is -0.404 e. The van der Waals surface area contributed by atoms with Gasteiger partial charge in [0.15, 0.2) is 0 Å². The van der Waals surface area contributed by atoms with Crippen molar-refractivity contribution in [2.45, 2.75) is 27.2 Å². The average Bonchev–Trinajstić information content (AvgIpc) is 1.97. The summed E-state index contributed by atoms with van der Waals surface area (Å²) in [5.74, 6) is -0.0903. The van der Waals surface area contributed by atoms with Gasteiger partial charge in [0.05, 0.1) is 0 Å². The smallest absolute Gasteiger partial charge is 0.248 e. The number of carbonyl (C=O) groups is 1. The van der Waals surface area contributed by atoms with Crippen molar-refractivity contribution in [2.75, 3.05) is 7.05 Å². The van der Waals surface area contributed by atoms with Crippen LogP contribution in [0.15, 0.2) is 11.8 Å². The Hall–Kier alpha value is -0.990. The first-order chi connectivity index (χ1) is 5.40. The van der Waals surface area contributed by atoms with Crippen molar-refractivity contribution in [1.29, 1.82) is 0 Å². The first-order valence-electron chi connectivity index (χ1n) is 4.03.